The van der Waals surface area contributed by atoms with Gasteiger partial charge in [0.1, 0.15) is 0 Å². The summed E-state index contributed by atoms with van der Waals surface area (Å²) in [6, 6.07) is 1.96. The van der Waals surface area contributed by atoms with Crippen LogP contribution in [0.2, 0.25) is 0 Å². The Morgan fingerprint density at radius 3 is 3.12 bits per heavy atom. The van der Waals surface area contributed by atoms with Gasteiger partial charge in [-0.05, 0) is 18.9 Å². The smallest absolute Gasteiger partial charge is 0.193 e. The SMILES string of the molecule is CN1CCCCN=C1NCc1ccn[nH]1.I. The summed E-state index contributed by atoms with van der Waals surface area (Å²) < 4.78 is 0. The summed E-state index contributed by atoms with van der Waals surface area (Å²) in [5.74, 6) is 0.988. The van der Waals surface area contributed by atoms with Crippen LogP contribution in [0, 0.1) is 0 Å². The first kappa shape index (κ1) is 13.3. The number of nitrogens with one attached hydrogen (secondary N) is 2. The van der Waals surface area contributed by atoms with Crippen molar-refractivity contribution in [3.05, 3.63) is 18.0 Å². The number of aliphatic imine (C=N–C) groups is 1. The Labute approximate surface area is 113 Å². The van der Waals surface area contributed by atoms with Gasteiger partial charge in [-0.25, -0.2) is 0 Å². The van der Waals surface area contributed by atoms with E-state index in [1.54, 1.807) is 6.20 Å². The van der Waals surface area contributed by atoms with Crippen LogP contribution in [0.25, 0.3) is 0 Å². The standard InChI is InChI=1S/C10H17N5.HI/c1-15-7-3-2-5-11-10(15)12-8-9-4-6-13-14-9;/h4,6H,2-3,5,7-8H2,1H3,(H,11,12)(H,13,14);1H. The molecule has 5 nitrogen and oxygen atoms in total. The fourth-order valence-electron chi connectivity index (χ4n) is 1.62. The Bertz CT molecular complexity index is 322. The second kappa shape index (κ2) is 6.72. The fourth-order valence-corrected chi connectivity index (χ4v) is 1.62. The summed E-state index contributed by atoms with van der Waals surface area (Å²) in [5, 5.41) is 10.1. The van der Waals surface area contributed by atoms with Crippen molar-refractivity contribution in [1.29, 1.82) is 0 Å². The van der Waals surface area contributed by atoms with E-state index in [9.17, 15) is 0 Å². The average Bonchev–Trinajstić information content (AvgIpc) is 2.67. The molecule has 0 saturated carbocycles. The van der Waals surface area contributed by atoms with E-state index in [1.807, 2.05) is 6.07 Å². The van der Waals surface area contributed by atoms with E-state index >= 15 is 0 Å². The van der Waals surface area contributed by atoms with Gasteiger partial charge in [0.15, 0.2) is 5.96 Å². The van der Waals surface area contributed by atoms with Gasteiger partial charge in [-0.3, -0.25) is 10.1 Å². The molecule has 1 aromatic heterocycles. The molecule has 0 bridgehead atoms. The number of nitrogens with zero attached hydrogens (tertiary/aromatic N) is 3. The molecule has 2 rings (SSSR count). The molecule has 1 aliphatic heterocycles. The zero-order valence-electron chi connectivity index (χ0n) is 9.44. The second-order valence-corrected chi connectivity index (χ2v) is 3.77. The van der Waals surface area contributed by atoms with Crippen LogP contribution in [0.3, 0.4) is 0 Å². The van der Waals surface area contributed by atoms with Crippen molar-refractivity contribution >= 4 is 29.9 Å². The number of rotatable bonds is 2. The highest BCUT2D eigenvalue weighted by molar-refractivity contribution is 14.0. The molecule has 0 fully saturated rings. The summed E-state index contributed by atoms with van der Waals surface area (Å²) in [6.07, 6.45) is 4.16. The van der Waals surface area contributed by atoms with Crippen LogP contribution in [0.4, 0.5) is 0 Å². The molecule has 0 amide bonds. The van der Waals surface area contributed by atoms with E-state index < -0.39 is 0 Å². The van der Waals surface area contributed by atoms with Gasteiger partial charge in [-0.2, -0.15) is 5.10 Å². The van der Waals surface area contributed by atoms with E-state index in [4.69, 9.17) is 0 Å². The van der Waals surface area contributed by atoms with Gasteiger partial charge in [0.05, 0.1) is 12.2 Å². The molecule has 1 aromatic rings. The van der Waals surface area contributed by atoms with Gasteiger partial charge in [0.25, 0.3) is 0 Å². The summed E-state index contributed by atoms with van der Waals surface area (Å²) in [5.41, 5.74) is 1.08. The number of aromatic amines is 1. The zero-order valence-corrected chi connectivity index (χ0v) is 11.8. The van der Waals surface area contributed by atoms with Crippen molar-refractivity contribution in [2.75, 3.05) is 20.1 Å². The minimum Gasteiger partial charge on any atom is -0.351 e. The minimum absolute atomic E-state index is 0. The molecular formula is C10H18IN5. The number of H-pyrrole nitrogens is 1. The molecule has 2 N–H and O–H groups in total. The molecule has 0 spiro atoms. The molecule has 2 heterocycles. The maximum absolute atomic E-state index is 4.50. The van der Waals surface area contributed by atoms with Crippen molar-refractivity contribution in [2.45, 2.75) is 19.4 Å². The molecule has 0 unspecified atom stereocenters. The molecular weight excluding hydrogens is 317 g/mol. The van der Waals surface area contributed by atoms with E-state index in [-0.39, 0.29) is 24.0 Å². The monoisotopic (exact) mass is 335 g/mol. The van der Waals surface area contributed by atoms with Gasteiger partial charge in [0.2, 0.25) is 0 Å². The first-order chi connectivity index (χ1) is 7.36. The maximum Gasteiger partial charge on any atom is 0.193 e. The van der Waals surface area contributed by atoms with Crippen molar-refractivity contribution in [3.8, 4) is 0 Å². The van der Waals surface area contributed by atoms with Crippen LogP contribution in [-0.2, 0) is 6.54 Å². The molecule has 0 aliphatic carbocycles. The highest BCUT2D eigenvalue weighted by Crippen LogP contribution is 2.01. The summed E-state index contributed by atoms with van der Waals surface area (Å²) in [4.78, 5) is 6.67. The zero-order chi connectivity index (χ0) is 10.5. The fraction of sp³-hybridized carbons (Fsp3) is 0.600. The lowest BCUT2D eigenvalue weighted by molar-refractivity contribution is 0.477. The predicted octanol–water partition coefficient (Wildman–Crippen LogP) is 1.20. The molecule has 16 heavy (non-hydrogen) atoms. The van der Waals surface area contributed by atoms with Crippen molar-refractivity contribution in [1.82, 2.24) is 20.4 Å². The van der Waals surface area contributed by atoms with E-state index in [0.29, 0.717) is 0 Å². The van der Waals surface area contributed by atoms with Crippen LogP contribution in [-0.4, -0.2) is 41.2 Å². The highest BCUT2D eigenvalue weighted by atomic mass is 127. The second-order valence-electron chi connectivity index (χ2n) is 3.77. The largest absolute Gasteiger partial charge is 0.351 e. The Balaban J connectivity index is 0.00000128. The normalized spacial score (nSPS) is 16.1. The van der Waals surface area contributed by atoms with E-state index in [2.05, 4.69) is 32.5 Å². The molecule has 0 saturated heterocycles. The van der Waals surface area contributed by atoms with Crippen LogP contribution < -0.4 is 5.32 Å². The number of hydrogen-bond acceptors (Lipinski definition) is 4. The maximum atomic E-state index is 4.50. The van der Waals surface area contributed by atoms with Crippen LogP contribution in [0.5, 0.6) is 0 Å². The minimum atomic E-state index is 0. The Kier molecular flexibility index (Phi) is 5.58. The highest BCUT2D eigenvalue weighted by Gasteiger charge is 2.08. The quantitative estimate of drug-likeness (QED) is 0.799. The number of guanidine groups is 1. The Morgan fingerprint density at radius 1 is 1.50 bits per heavy atom. The Hall–Kier alpha value is -0.790. The molecule has 0 radical (unpaired) electrons. The van der Waals surface area contributed by atoms with Gasteiger partial charge >= 0.3 is 0 Å². The van der Waals surface area contributed by atoms with Gasteiger partial charge < -0.3 is 10.2 Å². The van der Waals surface area contributed by atoms with E-state index in [0.717, 1.165) is 31.3 Å². The van der Waals surface area contributed by atoms with Gasteiger partial charge in [-0.1, -0.05) is 0 Å². The van der Waals surface area contributed by atoms with Crippen LogP contribution in [0.1, 0.15) is 18.5 Å². The summed E-state index contributed by atoms with van der Waals surface area (Å²) in [7, 11) is 2.07. The molecule has 0 atom stereocenters. The molecule has 1 aliphatic rings. The molecule has 90 valence electrons. The molecule has 6 heteroatoms. The van der Waals surface area contributed by atoms with Crippen molar-refractivity contribution < 1.29 is 0 Å². The lowest BCUT2D eigenvalue weighted by Crippen LogP contribution is -2.38. The van der Waals surface area contributed by atoms with Gasteiger partial charge in [0, 0.05) is 26.3 Å². The first-order valence-electron chi connectivity index (χ1n) is 5.34. The third kappa shape index (κ3) is 3.66. The number of hydrogen-bond donors (Lipinski definition) is 2. The van der Waals surface area contributed by atoms with Crippen molar-refractivity contribution in [3.63, 3.8) is 0 Å². The number of halogens is 1. The topological polar surface area (TPSA) is 56.3 Å². The third-order valence-corrected chi connectivity index (χ3v) is 2.52. The average molecular weight is 335 g/mol. The lowest BCUT2D eigenvalue weighted by atomic mass is 10.3. The third-order valence-electron chi connectivity index (χ3n) is 2.52. The van der Waals surface area contributed by atoms with Gasteiger partial charge in [-0.15, -0.1) is 24.0 Å². The Morgan fingerprint density at radius 2 is 2.38 bits per heavy atom. The van der Waals surface area contributed by atoms with Crippen LogP contribution in [0.15, 0.2) is 17.3 Å². The number of aromatic nitrogens is 2. The van der Waals surface area contributed by atoms with Crippen molar-refractivity contribution in [2.24, 2.45) is 4.99 Å². The first-order valence-corrected chi connectivity index (χ1v) is 5.34. The molecule has 0 aromatic carbocycles. The predicted molar refractivity (Wildman–Crippen MR) is 75.0 cm³/mol. The lowest BCUT2D eigenvalue weighted by Gasteiger charge is -2.19. The summed E-state index contributed by atoms with van der Waals surface area (Å²) in [6.45, 7) is 2.76. The van der Waals surface area contributed by atoms with E-state index in [1.165, 1.54) is 12.8 Å². The summed E-state index contributed by atoms with van der Waals surface area (Å²) >= 11 is 0. The van der Waals surface area contributed by atoms with Crippen LogP contribution >= 0.6 is 24.0 Å².